The molecule has 5 rings (SSSR count). The van der Waals surface area contributed by atoms with Crippen LogP contribution in [0.4, 0.5) is 0 Å². The van der Waals surface area contributed by atoms with E-state index in [1.54, 1.807) is 11.7 Å². The largest absolute Gasteiger partial charge is 0.351 e. The van der Waals surface area contributed by atoms with Gasteiger partial charge in [-0.05, 0) is 19.4 Å². The van der Waals surface area contributed by atoms with Crippen LogP contribution < -0.4 is 0 Å². The van der Waals surface area contributed by atoms with Crippen LogP contribution in [0.25, 0.3) is 0 Å². The summed E-state index contributed by atoms with van der Waals surface area (Å²) in [4.78, 5) is 30.1. The summed E-state index contributed by atoms with van der Waals surface area (Å²) in [6, 6.07) is 9.66. The van der Waals surface area contributed by atoms with Crippen molar-refractivity contribution in [3.8, 4) is 0 Å². The van der Waals surface area contributed by atoms with Crippen LogP contribution in [0.3, 0.4) is 0 Å². The Hall–Kier alpha value is -2.67. The maximum absolute atomic E-state index is 13.4. The van der Waals surface area contributed by atoms with E-state index >= 15 is 0 Å². The van der Waals surface area contributed by atoms with Crippen LogP contribution in [-0.4, -0.2) is 56.3 Å². The van der Waals surface area contributed by atoms with Crippen LogP contribution in [-0.2, 0) is 16.6 Å². The third-order valence-electron chi connectivity index (χ3n) is 6.62. The average Bonchev–Trinajstić information content (AvgIpc) is 3.36. The van der Waals surface area contributed by atoms with Crippen molar-refractivity contribution in [1.82, 2.24) is 19.6 Å². The first-order valence-corrected chi connectivity index (χ1v) is 9.76. The van der Waals surface area contributed by atoms with Gasteiger partial charge in [0.05, 0.1) is 30.8 Å². The molecular formula is C21H24N4O3. The maximum Gasteiger partial charge on any atom is 0.272 e. The molecule has 1 aromatic carbocycles. The van der Waals surface area contributed by atoms with E-state index < -0.39 is 5.72 Å². The van der Waals surface area contributed by atoms with Crippen LogP contribution in [0.1, 0.15) is 46.2 Å². The van der Waals surface area contributed by atoms with E-state index in [-0.39, 0.29) is 23.9 Å². The smallest absolute Gasteiger partial charge is 0.272 e. The maximum atomic E-state index is 13.4. The summed E-state index contributed by atoms with van der Waals surface area (Å²) in [5.74, 6) is -0.00403. The molecule has 0 bridgehead atoms. The van der Waals surface area contributed by atoms with Gasteiger partial charge in [-0.2, -0.15) is 5.10 Å². The molecule has 1 aromatic heterocycles. The predicted octanol–water partition coefficient (Wildman–Crippen LogP) is 1.95. The fourth-order valence-electron chi connectivity index (χ4n) is 5.21. The van der Waals surface area contributed by atoms with Crippen LogP contribution in [0.5, 0.6) is 0 Å². The lowest BCUT2D eigenvalue weighted by atomic mass is 10.0. The highest BCUT2D eigenvalue weighted by Crippen LogP contribution is 2.51. The van der Waals surface area contributed by atoms with Gasteiger partial charge >= 0.3 is 0 Å². The molecule has 1 spiro atoms. The summed E-state index contributed by atoms with van der Waals surface area (Å²) < 4.78 is 7.94. The quantitative estimate of drug-likeness (QED) is 0.799. The second kappa shape index (κ2) is 5.91. The summed E-state index contributed by atoms with van der Waals surface area (Å²) in [6.07, 6.45) is 0.958. The van der Waals surface area contributed by atoms with Crippen LogP contribution in [0, 0.1) is 13.8 Å². The molecule has 0 saturated carbocycles. The first kappa shape index (κ1) is 17.4. The number of carbonyl (C=O) groups is 2. The minimum atomic E-state index is -0.700. The van der Waals surface area contributed by atoms with E-state index in [0.717, 1.165) is 16.8 Å². The van der Waals surface area contributed by atoms with Crippen LogP contribution in [0.2, 0.25) is 0 Å². The Morgan fingerprint density at radius 3 is 2.68 bits per heavy atom. The standard InChI is InChI=1S/C21H24N4O3/c1-13-14(2)22-23(3)19(13)20(27)24-10-9-21-17(24)11-18(26)25(21)16(12-28-21)15-7-5-4-6-8-15/h4-8,16-17H,9-12H2,1-3H3/t16-,17+,21-/m0/s1. The summed E-state index contributed by atoms with van der Waals surface area (Å²) in [5.41, 5.74) is 2.72. The third kappa shape index (κ3) is 2.16. The fourth-order valence-corrected chi connectivity index (χ4v) is 5.21. The van der Waals surface area contributed by atoms with E-state index in [1.807, 2.05) is 54.0 Å². The summed E-state index contributed by atoms with van der Waals surface area (Å²) in [7, 11) is 1.79. The number of hydrogen-bond acceptors (Lipinski definition) is 4. The zero-order valence-corrected chi connectivity index (χ0v) is 16.4. The lowest BCUT2D eigenvalue weighted by Crippen LogP contribution is -2.49. The first-order valence-electron chi connectivity index (χ1n) is 9.76. The number of hydrogen-bond donors (Lipinski definition) is 0. The van der Waals surface area contributed by atoms with Crippen LogP contribution >= 0.6 is 0 Å². The number of rotatable bonds is 2. The van der Waals surface area contributed by atoms with Crippen molar-refractivity contribution >= 4 is 11.8 Å². The second-order valence-electron chi connectivity index (χ2n) is 8.00. The van der Waals surface area contributed by atoms with E-state index in [1.165, 1.54) is 0 Å². The molecule has 3 fully saturated rings. The SMILES string of the molecule is Cc1nn(C)c(C(=O)N2CC[C@@]34OC[C@@H](c5ccccc5)N3C(=O)C[C@@H]24)c1C. The van der Waals surface area contributed by atoms with Crippen molar-refractivity contribution in [3.63, 3.8) is 0 Å². The Morgan fingerprint density at radius 2 is 2.00 bits per heavy atom. The predicted molar refractivity (Wildman–Crippen MR) is 101 cm³/mol. The monoisotopic (exact) mass is 380 g/mol. The molecule has 7 nitrogen and oxygen atoms in total. The van der Waals surface area contributed by atoms with Gasteiger partial charge in [0.2, 0.25) is 5.91 Å². The van der Waals surface area contributed by atoms with E-state index in [2.05, 4.69) is 5.10 Å². The Kier molecular flexibility index (Phi) is 3.68. The normalized spacial score (nSPS) is 28.8. The average molecular weight is 380 g/mol. The van der Waals surface area contributed by atoms with Gasteiger partial charge in [-0.15, -0.1) is 0 Å². The molecule has 3 aliphatic heterocycles. The highest BCUT2D eigenvalue weighted by Gasteiger charge is 2.65. The molecule has 4 heterocycles. The van der Waals surface area contributed by atoms with Crippen molar-refractivity contribution < 1.29 is 14.3 Å². The van der Waals surface area contributed by atoms with Crippen LogP contribution in [0.15, 0.2) is 30.3 Å². The molecule has 3 atom stereocenters. The highest BCUT2D eigenvalue weighted by molar-refractivity contribution is 5.96. The molecular weight excluding hydrogens is 356 g/mol. The topological polar surface area (TPSA) is 67.7 Å². The number of ether oxygens (including phenoxy) is 1. The molecule has 2 aromatic rings. The Bertz CT molecular complexity index is 970. The minimum Gasteiger partial charge on any atom is -0.351 e. The Balaban J connectivity index is 1.49. The highest BCUT2D eigenvalue weighted by atomic mass is 16.5. The Morgan fingerprint density at radius 1 is 1.25 bits per heavy atom. The molecule has 3 aliphatic rings. The van der Waals surface area contributed by atoms with Gasteiger partial charge in [-0.1, -0.05) is 30.3 Å². The third-order valence-corrected chi connectivity index (χ3v) is 6.62. The van der Waals surface area contributed by atoms with E-state index in [9.17, 15) is 9.59 Å². The number of amides is 2. The second-order valence-corrected chi connectivity index (χ2v) is 8.00. The molecule has 146 valence electrons. The zero-order valence-electron chi connectivity index (χ0n) is 16.4. The van der Waals surface area contributed by atoms with Crippen molar-refractivity contribution in [3.05, 3.63) is 52.8 Å². The van der Waals surface area contributed by atoms with Crippen molar-refractivity contribution in [2.24, 2.45) is 7.05 Å². The number of benzene rings is 1. The molecule has 0 aliphatic carbocycles. The van der Waals surface area contributed by atoms with E-state index in [0.29, 0.717) is 31.7 Å². The van der Waals surface area contributed by atoms with E-state index in [4.69, 9.17) is 4.74 Å². The Labute approximate surface area is 163 Å². The van der Waals surface area contributed by atoms with Gasteiger partial charge in [0.15, 0.2) is 5.72 Å². The number of aromatic nitrogens is 2. The minimum absolute atomic E-state index is 0.0618. The number of likely N-dealkylation sites (tertiary alicyclic amines) is 1. The molecule has 0 N–H and O–H groups in total. The lowest BCUT2D eigenvalue weighted by molar-refractivity contribution is -0.138. The van der Waals surface area contributed by atoms with Crippen molar-refractivity contribution in [2.45, 2.75) is 44.5 Å². The number of aryl methyl sites for hydroxylation is 2. The molecule has 0 unspecified atom stereocenters. The lowest BCUT2D eigenvalue weighted by Gasteiger charge is -2.33. The fraction of sp³-hybridized carbons (Fsp3) is 0.476. The zero-order chi connectivity index (χ0) is 19.6. The molecule has 3 saturated heterocycles. The molecule has 7 heteroatoms. The van der Waals surface area contributed by atoms with Crippen molar-refractivity contribution in [1.29, 1.82) is 0 Å². The summed E-state index contributed by atoms with van der Waals surface area (Å²) in [5, 5.41) is 4.38. The number of nitrogens with zero attached hydrogens (tertiary/aromatic N) is 4. The van der Waals surface area contributed by atoms with Gasteiger partial charge in [-0.25, -0.2) is 0 Å². The summed E-state index contributed by atoms with van der Waals surface area (Å²) >= 11 is 0. The summed E-state index contributed by atoms with van der Waals surface area (Å²) in [6.45, 7) is 4.88. The van der Waals surface area contributed by atoms with Crippen molar-refractivity contribution in [2.75, 3.05) is 13.2 Å². The molecule has 2 amide bonds. The first-order chi connectivity index (χ1) is 13.4. The van der Waals surface area contributed by atoms with Gasteiger partial charge in [0, 0.05) is 25.6 Å². The molecule has 0 radical (unpaired) electrons. The number of carbonyl (C=O) groups excluding carboxylic acids is 2. The van der Waals surface area contributed by atoms with Gasteiger partial charge in [0.1, 0.15) is 5.69 Å². The van der Waals surface area contributed by atoms with Gasteiger partial charge < -0.3 is 14.5 Å². The van der Waals surface area contributed by atoms with Gasteiger partial charge in [-0.3, -0.25) is 14.3 Å². The molecule has 28 heavy (non-hydrogen) atoms. The van der Waals surface area contributed by atoms with Gasteiger partial charge in [0.25, 0.3) is 5.91 Å².